The maximum atomic E-state index is 11.8. The van der Waals surface area contributed by atoms with Crippen molar-refractivity contribution in [3.8, 4) is 11.5 Å². The number of methoxy groups -OCH3 is 2. The minimum absolute atomic E-state index is 0.0212. The summed E-state index contributed by atoms with van der Waals surface area (Å²) >= 11 is 0. The summed E-state index contributed by atoms with van der Waals surface area (Å²) in [6, 6.07) is 3.62. The lowest BCUT2D eigenvalue weighted by Gasteiger charge is -2.63. The molecule has 5 rings (SSSR count). The third kappa shape index (κ3) is 1.36. The SMILES string of the molecule is COC1(OC)CC[C@@]2(O)[C@H]3Cc4ccc(O)c5c4[C@@]2(CCN3)[C@H]1O5. The van der Waals surface area contributed by atoms with Crippen molar-refractivity contribution >= 4 is 0 Å². The van der Waals surface area contributed by atoms with Gasteiger partial charge in [-0.25, -0.2) is 0 Å². The Labute approximate surface area is 140 Å². The Morgan fingerprint density at radius 2 is 2.00 bits per heavy atom. The molecule has 1 aromatic carbocycles. The van der Waals surface area contributed by atoms with Gasteiger partial charge in [-0.15, -0.1) is 0 Å². The molecule has 2 aliphatic heterocycles. The summed E-state index contributed by atoms with van der Waals surface area (Å²) in [4.78, 5) is 0. The molecular formula is C18H23NO5. The summed E-state index contributed by atoms with van der Waals surface area (Å²) in [5, 5.41) is 25.7. The third-order valence-corrected chi connectivity index (χ3v) is 6.98. The zero-order valence-electron chi connectivity index (χ0n) is 14.0. The van der Waals surface area contributed by atoms with Crippen LogP contribution in [0.4, 0.5) is 0 Å². The van der Waals surface area contributed by atoms with Crippen molar-refractivity contribution in [2.45, 2.75) is 54.6 Å². The van der Waals surface area contributed by atoms with E-state index in [1.807, 2.05) is 6.07 Å². The second-order valence-electron chi connectivity index (χ2n) is 7.52. The van der Waals surface area contributed by atoms with Gasteiger partial charge in [-0.3, -0.25) is 0 Å². The maximum Gasteiger partial charge on any atom is 0.206 e. The van der Waals surface area contributed by atoms with Gasteiger partial charge in [-0.1, -0.05) is 6.07 Å². The van der Waals surface area contributed by atoms with Crippen LogP contribution in [0.3, 0.4) is 0 Å². The molecule has 2 fully saturated rings. The maximum absolute atomic E-state index is 11.8. The third-order valence-electron chi connectivity index (χ3n) is 6.98. The van der Waals surface area contributed by atoms with E-state index in [2.05, 4.69) is 5.32 Å². The van der Waals surface area contributed by atoms with Gasteiger partial charge in [-0.05, 0) is 37.4 Å². The highest BCUT2D eigenvalue weighted by Gasteiger charge is 2.75. The van der Waals surface area contributed by atoms with E-state index in [9.17, 15) is 10.2 Å². The van der Waals surface area contributed by atoms with E-state index in [0.29, 0.717) is 18.6 Å². The van der Waals surface area contributed by atoms with Gasteiger partial charge in [-0.2, -0.15) is 0 Å². The first-order valence-electron chi connectivity index (χ1n) is 8.60. The zero-order valence-corrected chi connectivity index (χ0v) is 14.0. The molecule has 1 aromatic rings. The van der Waals surface area contributed by atoms with Crippen LogP contribution in [-0.4, -0.2) is 54.5 Å². The first-order chi connectivity index (χ1) is 11.5. The first-order valence-corrected chi connectivity index (χ1v) is 8.60. The van der Waals surface area contributed by atoms with Crippen LogP contribution >= 0.6 is 0 Å². The summed E-state index contributed by atoms with van der Waals surface area (Å²) in [5.41, 5.74) is 0.554. The van der Waals surface area contributed by atoms with Crippen molar-refractivity contribution in [3.63, 3.8) is 0 Å². The molecule has 4 atom stereocenters. The Bertz CT molecular complexity index is 718. The van der Waals surface area contributed by atoms with Gasteiger partial charge in [0, 0.05) is 32.2 Å². The van der Waals surface area contributed by atoms with E-state index in [1.165, 1.54) is 0 Å². The molecule has 2 bridgehead atoms. The summed E-state index contributed by atoms with van der Waals surface area (Å²) in [6.45, 7) is 0.797. The quantitative estimate of drug-likeness (QED) is 0.696. The lowest BCUT2D eigenvalue weighted by molar-refractivity contribution is -0.312. The largest absolute Gasteiger partial charge is 0.504 e. The molecule has 0 aromatic heterocycles. The number of aromatic hydroxyl groups is 1. The molecular weight excluding hydrogens is 310 g/mol. The fourth-order valence-electron chi connectivity index (χ4n) is 5.90. The van der Waals surface area contributed by atoms with Crippen LogP contribution in [0.5, 0.6) is 11.5 Å². The van der Waals surface area contributed by atoms with Crippen LogP contribution in [0.25, 0.3) is 0 Å². The molecule has 2 heterocycles. The standard InChI is InChI=1S/C18H23NO5/c1-22-18(23-2)6-5-17(21)12-9-10-3-4-11(20)14-13(10)16(17,7-8-19-12)15(18)24-14/h3-4,12,15,19-21H,5-9H2,1-2H3/t12-,15-,16+,17-/m1/s1. The van der Waals surface area contributed by atoms with Crippen LogP contribution in [0, 0.1) is 0 Å². The van der Waals surface area contributed by atoms with E-state index in [-0.39, 0.29) is 11.8 Å². The molecule has 0 radical (unpaired) electrons. The Hall–Kier alpha value is -1.34. The van der Waals surface area contributed by atoms with Crippen LogP contribution in [0.1, 0.15) is 30.4 Å². The van der Waals surface area contributed by atoms with Crippen molar-refractivity contribution in [3.05, 3.63) is 23.3 Å². The molecule has 6 nitrogen and oxygen atoms in total. The minimum Gasteiger partial charge on any atom is -0.504 e. The molecule has 1 spiro atoms. The Kier molecular flexibility index (Phi) is 2.76. The second kappa shape index (κ2) is 4.43. The molecule has 3 N–H and O–H groups in total. The number of benzene rings is 1. The number of phenols is 1. The van der Waals surface area contributed by atoms with Crippen molar-refractivity contribution < 1.29 is 24.4 Å². The summed E-state index contributed by atoms with van der Waals surface area (Å²) < 4.78 is 17.9. The predicted octanol–water partition coefficient (Wildman–Crippen LogP) is 0.823. The molecule has 1 saturated heterocycles. The fraction of sp³-hybridized carbons (Fsp3) is 0.667. The van der Waals surface area contributed by atoms with Crippen molar-refractivity contribution in [1.82, 2.24) is 5.32 Å². The Morgan fingerprint density at radius 1 is 1.21 bits per heavy atom. The highest BCUT2D eigenvalue weighted by Crippen LogP contribution is 2.66. The van der Waals surface area contributed by atoms with Crippen molar-refractivity contribution in [2.75, 3.05) is 20.8 Å². The topological polar surface area (TPSA) is 80.2 Å². The van der Waals surface area contributed by atoms with E-state index >= 15 is 0 Å². The van der Waals surface area contributed by atoms with Gasteiger partial charge >= 0.3 is 0 Å². The number of hydrogen-bond donors (Lipinski definition) is 3. The highest BCUT2D eigenvalue weighted by atomic mass is 16.7. The highest BCUT2D eigenvalue weighted by molar-refractivity contribution is 5.62. The number of nitrogens with one attached hydrogen (secondary N) is 1. The van der Waals surface area contributed by atoms with Gasteiger partial charge in [0.1, 0.15) is 0 Å². The minimum atomic E-state index is -0.928. The molecule has 0 amide bonds. The molecule has 2 aliphatic carbocycles. The molecule has 6 heteroatoms. The van der Waals surface area contributed by atoms with Gasteiger partial charge in [0.15, 0.2) is 17.6 Å². The summed E-state index contributed by atoms with van der Waals surface area (Å²) in [5.74, 6) is -0.302. The van der Waals surface area contributed by atoms with Crippen molar-refractivity contribution in [2.24, 2.45) is 0 Å². The van der Waals surface area contributed by atoms with Gasteiger partial charge in [0.2, 0.25) is 5.79 Å². The summed E-state index contributed by atoms with van der Waals surface area (Å²) in [6.07, 6.45) is 2.10. The van der Waals surface area contributed by atoms with Gasteiger partial charge in [0.25, 0.3) is 0 Å². The normalized spacial score (nSPS) is 40.8. The molecule has 4 aliphatic rings. The monoisotopic (exact) mass is 333 g/mol. The molecule has 0 unspecified atom stereocenters. The average molecular weight is 333 g/mol. The van der Waals surface area contributed by atoms with E-state index in [0.717, 1.165) is 30.5 Å². The number of hydrogen-bond acceptors (Lipinski definition) is 6. The van der Waals surface area contributed by atoms with Crippen LogP contribution < -0.4 is 10.1 Å². The number of aliphatic hydroxyl groups is 1. The van der Waals surface area contributed by atoms with E-state index in [1.54, 1.807) is 20.3 Å². The van der Waals surface area contributed by atoms with Gasteiger partial charge < -0.3 is 29.7 Å². The number of ether oxygens (including phenoxy) is 3. The van der Waals surface area contributed by atoms with E-state index in [4.69, 9.17) is 14.2 Å². The second-order valence-corrected chi connectivity index (χ2v) is 7.52. The van der Waals surface area contributed by atoms with Crippen LogP contribution in [0.2, 0.25) is 0 Å². The molecule has 1 saturated carbocycles. The smallest absolute Gasteiger partial charge is 0.206 e. The Balaban J connectivity index is 1.84. The lowest BCUT2D eigenvalue weighted by atomic mass is 9.48. The first kappa shape index (κ1) is 15.0. The van der Waals surface area contributed by atoms with Crippen LogP contribution in [0.15, 0.2) is 12.1 Å². The fourth-order valence-corrected chi connectivity index (χ4v) is 5.90. The summed E-state index contributed by atoms with van der Waals surface area (Å²) in [7, 11) is 3.25. The zero-order chi connectivity index (χ0) is 16.7. The Morgan fingerprint density at radius 3 is 2.75 bits per heavy atom. The number of phenolic OH excluding ortho intramolecular Hbond substituents is 1. The average Bonchev–Trinajstić information content (AvgIpc) is 2.93. The number of rotatable bonds is 2. The number of piperidine rings is 1. The molecule has 130 valence electrons. The predicted molar refractivity (Wildman–Crippen MR) is 85.2 cm³/mol. The van der Waals surface area contributed by atoms with E-state index < -0.39 is 22.9 Å². The van der Waals surface area contributed by atoms with Crippen molar-refractivity contribution in [1.29, 1.82) is 0 Å². The van der Waals surface area contributed by atoms with Gasteiger partial charge in [0.05, 0.1) is 11.0 Å². The molecule has 24 heavy (non-hydrogen) atoms. The lowest BCUT2D eigenvalue weighted by Crippen LogP contribution is -2.79. The van der Waals surface area contributed by atoms with Crippen LogP contribution in [-0.2, 0) is 21.3 Å².